The van der Waals surface area contributed by atoms with Gasteiger partial charge in [0.2, 0.25) is 11.7 Å². The Balaban J connectivity index is 1.51. The average molecular weight is 423 g/mol. The number of anilines is 1. The molecule has 0 saturated heterocycles. The molecule has 0 fully saturated rings. The first kappa shape index (κ1) is 20.0. The molecule has 0 aliphatic carbocycles. The number of hydrogen-bond acceptors (Lipinski definition) is 6. The number of nitrogens with zero attached hydrogens (tertiary/aromatic N) is 3. The van der Waals surface area contributed by atoms with Crippen LogP contribution in [0.3, 0.4) is 0 Å². The molecule has 4 rings (SSSR count). The van der Waals surface area contributed by atoms with Crippen LogP contribution >= 0.6 is 11.8 Å². The van der Waals surface area contributed by atoms with Gasteiger partial charge in [0, 0.05) is 5.69 Å². The topological polar surface area (TPSA) is 86.1 Å². The highest BCUT2D eigenvalue weighted by atomic mass is 32.2. The summed E-state index contributed by atoms with van der Waals surface area (Å²) < 4.78 is 12.9. The minimum atomic E-state index is -0.0869. The molecule has 0 aliphatic rings. The summed E-state index contributed by atoms with van der Waals surface area (Å²) in [5, 5.41) is 12.2. The van der Waals surface area contributed by atoms with Crippen LogP contribution in [0.25, 0.3) is 11.6 Å². The van der Waals surface area contributed by atoms with Crippen LogP contribution in [0.2, 0.25) is 0 Å². The molecule has 4 aromatic rings. The fourth-order valence-corrected chi connectivity index (χ4v) is 3.93. The number of furan rings is 2. The smallest absolute Gasteiger partial charge is 0.234 e. The third-order valence-electron chi connectivity index (χ3n) is 4.69. The second-order valence-electron chi connectivity index (χ2n) is 6.75. The van der Waals surface area contributed by atoms with Crippen LogP contribution in [0.5, 0.6) is 0 Å². The summed E-state index contributed by atoms with van der Waals surface area (Å²) in [5.74, 6) is 2.09. The van der Waals surface area contributed by atoms with Gasteiger partial charge in [-0.1, -0.05) is 36.9 Å². The van der Waals surface area contributed by atoms with Gasteiger partial charge < -0.3 is 14.2 Å². The van der Waals surface area contributed by atoms with Gasteiger partial charge in [0.05, 0.1) is 24.8 Å². The fraction of sp³-hybridized carbons (Fsp3) is 0.227. The van der Waals surface area contributed by atoms with Gasteiger partial charge >= 0.3 is 0 Å². The fourth-order valence-electron chi connectivity index (χ4n) is 3.19. The zero-order valence-electron chi connectivity index (χ0n) is 16.8. The minimum absolute atomic E-state index is 0.0869. The third kappa shape index (κ3) is 4.33. The zero-order chi connectivity index (χ0) is 20.9. The van der Waals surface area contributed by atoms with Crippen molar-refractivity contribution in [2.75, 3.05) is 11.1 Å². The van der Waals surface area contributed by atoms with Gasteiger partial charge in [-0.15, -0.1) is 10.2 Å². The van der Waals surface area contributed by atoms with E-state index < -0.39 is 0 Å². The van der Waals surface area contributed by atoms with Crippen LogP contribution in [0.15, 0.2) is 69.0 Å². The Morgan fingerprint density at radius 3 is 2.67 bits per heavy atom. The molecule has 1 N–H and O–H groups in total. The van der Waals surface area contributed by atoms with Crippen molar-refractivity contribution in [3.05, 3.63) is 71.9 Å². The second-order valence-corrected chi connectivity index (χ2v) is 7.69. The summed E-state index contributed by atoms with van der Waals surface area (Å²) >= 11 is 1.33. The maximum Gasteiger partial charge on any atom is 0.234 e. The Hall–Kier alpha value is -3.26. The van der Waals surface area contributed by atoms with E-state index in [2.05, 4.69) is 22.4 Å². The van der Waals surface area contributed by atoms with Crippen molar-refractivity contribution in [1.29, 1.82) is 0 Å². The summed E-state index contributed by atoms with van der Waals surface area (Å²) in [5.41, 5.74) is 3.06. The molecule has 0 bridgehead atoms. The number of aryl methyl sites for hydroxylation is 2. The van der Waals surface area contributed by atoms with Crippen LogP contribution in [0, 0.1) is 6.92 Å². The summed E-state index contributed by atoms with van der Waals surface area (Å²) in [7, 11) is 0. The molecule has 7 nitrogen and oxygen atoms in total. The van der Waals surface area contributed by atoms with E-state index >= 15 is 0 Å². The standard InChI is InChI=1S/C22H22N4O3S/c1-3-16-8-4-7-15(2)20(16)23-19(27)14-30-22-25-24-21(18-10-6-12-29-18)26(22)13-17-9-5-11-28-17/h4-12H,3,13-14H2,1-2H3,(H,23,27). The molecule has 0 aliphatic heterocycles. The summed E-state index contributed by atoms with van der Waals surface area (Å²) in [6.07, 6.45) is 4.07. The lowest BCUT2D eigenvalue weighted by atomic mass is 10.1. The molecule has 0 unspecified atom stereocenters. The Morgan fingerprint density at radius 1 is 1.10 bits per heavy atom. The monoisotopic (exact) mass is 422 g/mol. The van der Waals surface area contributed by atoms with Crippen LogP contribution < -0.4 is 5.32 Å². The molecule has 1 aromatic carbocycles. The highest BCUT2D eigenvalue weighted by Gasteiger charge is 2.19. The summed E-state index contributed by atoms with van der Waals surface area (Å²) in [6, 6.07) is 13.4. The van der Waals surface area contributed by atoms with Crippen LogP contribution in [-0.4, -0.2) is 26.4 Å². The van der Waals surface area contributed by atoms with E-state index in [1.165, 1.54) is 11.8 Å². The summed E-state index contributed by atoms with van der Waals surface area (Å²) in [4.78, 5) is 12.6. The number of carbonyl (C=O) groups excluding carboxylic acids is 1. The Morgan fingerprint density at radius 2 is 1.93 bits per heavy atom. The van der Waals surface area contributed by atoms with Gasteiger partial charge in [0.15, 0.2) is 10.9 Å². The number of benzene rings is 1. The van der Waals surface area contributed by atoms with Gasteiger partial charge in [-0.05, 0) is 48.7 Å². The normalized spacial score (nSPS) is 11.0. The number of hydrogen-bond donors (Lipinski definition) is 1. The number of nitrogens with one attached hydrogen (secondary N) is 1. The van der Waals surface area contributed by atoms with Crippen molar-refractivity contribution in [2.24, 2.45) is 0 Å². The van der Waals surface area contributed by atoms with E-state index in [4.69, 9.17) is 8.83 Å². The van der Waals surface area contributed by atoms with E-state index in [1.807, 2.05) is 47.9 Å². The third-order valence-corrected chi connectivity index (χ3v) is 5.66. The van der Waals surface area contributed by atoms with Gasteiger partial charge in [-0.25, -0.2) is 0 Å². The molecule has 30 heavy (non-hydrogen) atoms. The highest BCUT2D eigenvalue weighted by Crippen LogP contribution is 2.26. The SMILES string of the molecule is CCc1cccc(C)c1NC(=O)CSc1nnc(-c2ccco2)n1Cc1ccco1. The molecule has 0 saturated carbocycles. The first-order valence-electron chi connectivity index (χ1n) is 9.66. The molecule has 1 amide bonds. The van der Waals surface area contributed by atoms with Crippen LogP contribution in [0.4, 0.5) is 5.69 Å². The first-order valence-corrected chi connectivity index (χ1v) is 10.6. The Labute approximate surface area is 178 Å². The lowest BCUT2D eigenvalue weighted by Gasteiger charge is -2.13. The summed E-state index contributed by atoms with van der Waals surface area (Å²) in [6.45, 7) is 4.52. The quantitative estimate of drug-likeness (QED) is 0.411. The highest BCUT2D eigenvalue weighted by molar-refractivity contribution is 7.99. The molecule has 0 radical (unpaired) electrons. The van der Waals surface area contributed by atoms with Crippen molar-refractivity contribution in [1.82, 2.24) is 14.8 Å². The van der Waals surface area contributed by atoms with E-state index in [0.29, 0.717) is 23.3 Å². The molecule has 3 aromatic heterocycles. The Kier molecular flexibility index (Phi) is 6.04. The molecule has 0 spiro atoms. The molecular weight excluding hydrogens is 400 g/mol. The van der Waals surface area contributed by atoms with Crippen molar-refractivity contribution in [3.8, 4) is 11.6 Å². The molecular formula is C22H22N4O3S. The van der Waals surface area contributed by atoms with Gasteiger partial charge in [0.25, 0.3) is 0 Å². The lowest BCUT2D eigenvalue weighted by Crippen LogP contribution is -2.16. The minimum Gasteiger partial charge on any atom is -0.467 e. The molecule has 154 valence electrons. The van der Waals surface area contributed by atoms with Gasteiger partial charge in [-0.3, -0.25) is 9.36 Å². The predicted molar refractivity (Wildman–Crippen MR) is 115 cm³/mol. The van der Waals surface area contributed by atoms with E-state index in [9.17, 15) is 4.79 Å². The number of para-hydroxylation sites is 1. The van der Waals surface area contributed by atoms with Gasteiger partial charge in [0.1, 0.15) is 5.76 Å². The number of rotatable bonds is 8. The van der Waals surface area contributed by atoms with E-state index in [1.54, 1.807) is 18.6 Å². The van der Waals surface area contributed by atoms with Crippen molar-refractivity contribution in [2.45, 2.75) is 32.0 Å². The number of amides is 1. The van der Waals surface area contributed by atoms with Crippen molar-refractivity contribution < 1.29 is 13.6 Å². The van der Waals surface area contributed by atoms with E-state index in [0.717, 1.165) is 29.0 Å². The maximum absolute atomic E-state index is 12.6. The van der Waals surface area contributed by atoms with Crippen LogP contribution in [0.1, 0.15) is 23.8 Å². The zero-order valence-corrected chi connectivity index (χ0v) is 17.6. The number of aromatic nitrogens is 3. The predicted octanol–water partition coefficient (Wildman–Crippen LogP) is 4.78. The van der Waals surface area contributed by atoms with Crippen molar-refractivity contribution >= 4 is 23.4 Å². The molecule has 0 atom stereocenters. The molecule has 3 heterocycles. The number of thioether (sulfide) groups is 1. The first-order chi connectivity index (χ1) is 14.7. The van der Waals surface area contributed by atoms with Gasteiger partial charge in [-0.2, -0.15) is 0 Å². The van der Waals surface area contributed by atoms with Crippen LogP contribution in [-0.2, 0) is 17.8 Å². The Bertz CT molecular complexity index is 1120. The maximum atomic E-state index is 12.6. The molecule has 8 heteroatoms. The largest absolute Gasteiger partial charge is 0.467 e. The van der Waals surface area contributed by atoms with E-state index in [-0.39, 0.29) is 11.7 Å². The average Bonchev–Trinajstić information content (AvgIpc) is 3.50. The second kappa shape index (κ2) is 9.04. The number of carbonyl (C=O) groups is 1. The van der Waals surface area contributed by atoms with Crippen molar-refractivity contribution in [3.63, 3.8) is 0 Å². The lowest BCUT2D eigenvalue weighted by molar-refractivity contribution is -0.113.